The van der Waals surface area contributed by atoms with E-state index >= 15 is 0 Å². The van der Waals surface area contributed by atoms with Crippen molar-refractivity contribution in [2.24, 2.45) is 5.92 Å². The van der Waals surface area contributed by atoms with Gasteiger partial charge >= 0.3 is 6.09 Å². The van der Waals surface area contributed by atoms with Gasteiger partial charge in [-0.2, -0.15) is 9.61 Å². The Morgan fingerprint density at radius 1 is 1.22 bits per heavy atom. The second-order valence-electron chi connectivity index (χ2n) is 12.0. The van der Waals surface area contributed by atoms with Gasteiger partial charge in [-0.05, 0) is 51.7 Å². The van der Waals surface area contributed by atoms with E-state index in [0.717, 1.165) is 19.3 Å². The van der Waals surface area contributed by atoms with Crippen LogP contribution >= 0.6 is 0 Å². The topological polar surface area (TPSA) is 123 Å². The number of aromatic nitrogens is 4. The van der Waals surface area contributed by atoms with Crippen molar-refractivity contribution in [3.63, 3.8) is 0 Å². The highest BCUT2D eigenvalue weighted by atomic mass is 19.3. The molecule has 13 heteroatoms. The average molecular weight is 572 g/mol. The summed E-state index contributed by atoms with van der Waals surface area (Å²) in [7, 11) is 1.50. The number of carbonyl (C=O) groups excluding carboxylic acids is 2. The molecular weight excluding hydrogens is 536 g/mol. The highest BCUT2D eigenvalue weighted by Crippen LogP contribution is 2.44. The van der Waals surface area contributed by atoms with Gasteiger partial charge in [-0.25, -0.2) is 18.6 Å². The fraction of sp³-hybridized carbons (Fsp3) is 0.536. The highest BCUT2D eigenvalue weighted by Gasteiger charge is 2.46. The van der Waals surface area contributed by atoms with Crippen molar-refractivity contribution in [3.05, 3.63) is 46.5 Å². The van der Waals surface area contributed by atoms with Crippen molar-refractivity contribution in [1.29, 1.82) is 0 Å². The predicted molar refractivity (Wildman–Crippen MR) is 149 cm³/mol. The van der Waals surface area contributed by atoms with Gasteiger partial charge in [0.05, 0.1) is 6.20 Å². The number of halogens is 2. The maximum Gasteiger partial charge on any atom is 0.415 e. The molecule has 2 N–H and O–H groups in total. The summed E-state index contributed by atoms with van der Waals surface area (Å²) >= 11 is 0. The number of rotatable bonds is 6. The van der Waals surface area contributed by atoms with Crippen LogP contribution in [0.3, 0.4) is 0 Å². The molecule has 0 aliphatic heterocycles. The molecule has 11 nitrogen and oxygen atoms in total. The van der Waals surface area contributed by atoms with Gasteiger partial charge in [-0.15, -0.1) is 0 Å². The summed E-state index contributed by atoms with van der Waals surface area (Å²) in [4.78, 5) is 45.3. The Bertz CT molecular complexity index is 1540. The molecule has 3 aromatic heterocycles. The monoisotopic (exact) mass is 571 g/mol. The van der Waals surface area contributed by atoms with Crippen molar-refractivity contribution in [2.45, 2.75) is 83.4 Å². The SMILES string of the molecule is CC1CCCC1NC(=O)c1cnn2c(N(C)C(=O)OC(C)(C)C)cc(Nc3cccn(C4CC(F)(F)C4)c3=O)nc12. The third kappa shape index (κ3) is 5.89. The Labute approximate surface area is 235 Å². The number of anilines is 3. The van der Waals surface area contributed by atoms with Crippen LogP contribution in [-0.2, 0) is 4.74 Å². The third-order valence-corrected chi connectivity index (χ3v) is 7.59. The zero-order valence-electron chi connectivity index (χ0n) is 23.8. The van der Waals surface area contributed by atoms with Gasteiger partial charge in [0.15, 0.2) is 5.65 Å². The summed E-state index contributed by atoms with van der Waals surface area (Å²) < 4.78 is 35.1. The molecule has 41 heavy (non-hydrogen) atoms. The van der Waals surface area contributed by atoms with Crippen LogP contribution in [-0.4, -0.2) is 55.8 Å². The fourth-order valence-corrected chi connectivity index (χ4v) is 5.30. The Hall–Kier alpha value is -4.03. The quantitative estimate of drug-likeness (QED) is 0.432. The Kier molecular flexibility index (Phi) is 7.24. The van der Waals surface area contributed by atoms with E-state index in [9.17, 15) is 23.2 Å². The van der Waals surface area contributed by atoms with E-state index in [0.29, 0.717) is 5.92 Å². The van der Waals surface area contributed by atoms with Gasteiger partial charge in [0, 0.05) is 44.2 Å². The van der Waals surface area contributed by atoms with Gasteiger partial charge in [0.1, 0.15) is 28.5 Å². The molecule has 2 fully saturated rings. The summed E-state index contributed by atoms with van der Waals surface area (Å²) in [5, 5.41) is 10.4. The molecule has 2 aliphatic carbocycles. The van der Waals surface area contributed by atoms with Crippen LogP contribution in [0.5, 0.6) is 0 Å². The maximum atomic E-state index is 13.5. The molecule has 2 aliphatic rings. The number of hydrogen-bond donors (Lipinski definition) is 2. The number of nitrogens with one attached hydrogen (secondary N) is 2. The minimum atomic E-state index is -2.78. The van der Waals surface area contributed by atoms with Crippen molar-refractivity contribution in [3.8, 4) is 0 Å². The van der Waals surface area contributed by atoms with Crippen LogP contribution in [0, 0.1) is 5.92 Å². The minimum absolute atomic E-state index is 0.0318. The molecular formula is C28H35F2N7O4. The van der Waals surface area contributed by atoms with E-state index in [2.05, 4.69) is 27.6 Å². The van der Waals surface area contributed by atoms with Gasteiger partial charge in [-0.1, -0.05) is 13.3 Å². The highest BCUT2D eigenvalue weighted by molar-refractivity contribution is 6.00. The van der Waals surface area contributed by atoms with E-state index in [4.69, 9.17) is 4.74 Å². The van der Waals surface area contributed by atoms with Crippen molar-refractivity contribution < 1.29 is 23.1 Å². The number of fused-ring (bicyclic) bond motifs is 1. The third-order valence-electron chi connectivity index (χ3n) is 7.59. The van der Waals surface area contributed by atoms with Crippen LogP contribution in [0.2, 0.25) is 0 Å². The first kappa shape index (κ1) is 28.5. The number of ether oxygens (including phenoxy) is 1. The lowest BCUT2D eigenvalue weighted by Gasteiger charge is -2.36. The number of nitrogens with zero attached hydrogens (tertiary/aromatic N) is 5. The molecule has 0 saturated heterocycles. The van der Waals surface area contributed by atoms with E-state index in [-0.39, 0.29) is 40.5 Å². The summed E-state index contributed by atoms with van der Waals surface area (Å²) in [6.45, 7) is 7.32. The Morgan fingerprint density at radius 3 is 2.59 bits per heavy atom. The molecule has 2 amide bonds. The van der Waals surface area contributed by atoms with Crippen LogP contribution in [0.4, 0.5) is 30.9 Å². The van der Waals surface area contributed by atoms with E-state index < -0.39 is 42.1 Å². The lowest BCUT2D eigenvalue weighted by atomic mass is 9.88. The first-order chi connectivity index (χ1) is 19.2. The van der Waals surface area contributed by atoms with E-state index in [1.807, 2.05) is 0 Å². The van der Waals surface area contributed by atoms with Crippen LogP contribution in [0.1, 0.15) is 76.2 Å². The minimum Gasteiger partial charge on any atom is -0.443 e. The molecule has 0 bridgehead atoms. The second kappa shape index (κ2) is 10.4. The molecule has 0 radical (unpaired) electrons. The second-order valence-corrected chi connectivity index (χ2v) is 12.0. The van der Waals surface area contributed by atoms with Gasteiger partial charge in [0.25, 0.3) is 17.4 Å². The van der Waals surface area contributed by atoms with Crippen LogP contribution in [0.25, 0.3) is 5.65 Å². The van der Waals surface area contributed by atoms with Gasteiger partial charge < -0.3 is 19.9 Å². The molecule has 2 atom stereocenters. The van der Waals surface area contributed by atoms with E-state index in [1.165, 1.54) is 45.6 Å². The zero-order valence-corrected chi connectivity index (χ0v) is 23.8. The number of pyridine rings is 1. The van der Waals surface area contributed by atoms with Crippen molar-refractivity contribution in [1.82, 2.24) is 24.5 Å². The first-order valence-electron chi connectivity index (χ1n) is 13.7. The normalized spacial score (nSPS) is 20.5. The number of amides is 2. The Balaban J connectivity index is 1.53. The average Bonchev–Trinajstić information content (AvgIpc) is 3.48. The van der Waals surface area contributed by atoms with Crippen molar-refractivity contribution in [2.75, 3.05) is 17.3 Å². The van der Waals surface area contributed by atoms with Gasteiger partial charge in [0.2, 0.25) is 0 Å². The largest absolute Gasteiger partial charge is 0.443 e. The van der Waals surface area contributed by atoms with E-state index in [1.54, 1.807) is 26.8 Å². The summed E-state index contributed by atoms with van der Waals surface area (Å²) in [5.74, 6) is -2.40. The molecule has 220 valence electrons. The molecule has 0 spiro atoms. The molecule has 3 aromatic rings. The maximum absolute atomic E-state index is 13.5. The first-order valence-corrected chi connectivity index (χ1v) is 13.7. The lowest BCUT2D eigenvalue weighted by molar-refractivity contribution is -0.104. The number of hydrogen-bond acceptors (Lipinski definition) is 7. The molecule has 5 rings (SSSR count). The van der Waals surface area contributed by atoms with Crippen molar-refractivity contribution >= 4 is 35.0 Å². The standard InChI is InChI=1S/C28H35F2N7O4/c1-16-8-6-9-19(16)33-24(38)18-15-31-37-22(35(5)26(40)41-27(2,3)4)12-21(34-23(18)37)32-20-10-7-11-36(25(20)39)17-13-28(29,30)14-17/h7,10-12,15-17,19H,6,8-9,13-14H2,1-5H3,(H,32,34)(H,33,38). The Morgan fingerprint density at radius 2 is 1.95 bits per heavy atom. The molecule has 0 aromatic carbocycles. The molecule has 2 saturated carbocycles. The fourth-order valence-electron chi connectivity index (χ4n) is 5.30. The molecule has 3 heterocycles. The summed E-state index contributed by atoms with van der Waals surface area (Å²) in [6.07, 6.45) is 4.35. The number of alkyl halides is 2. The summed E-state index contributed by atoms with van der Waals surface area (Å²) in [5.41, 5.74) is -0.777. The molecule has 2 unspecified atom stereocenters. The van der Waals surface area contributed by atoms with Crippen LogP contribution in [0.15, 0.2) is 35.4 Å². The predicted octanol–water partition coefficient (Wildman–Crippen LogP) is 4.89. The smallest absolute Gasteiger partial charge is 0.415 e. The zero-order chi connectivity index (χ0) is 29.7. The van der Waals surface area contributed by atoms with Crippen LogP contribution < -0.4 is 21.1 Å². The number of carbonyl (C=O) groups is 2. The lowest BCUT2D eigenvalue weighted by Crippen LogP contribution is -2.41. The summed E-state index contributed by atoms with van der Waals surface area (Å²) in [6, 6.07) is 4.03. The van der Waals surface area contributed by atoms with Gasteiger partial charge in [-0.3, -0.25) is 14.5 Å².